The van der Waals surface area contributed by atoms with Gasteiger partial charge in [0.25, 0.3) is 0 Å². The minimum atomic E-state index is -0.426. The van der Waals surface area contributed by atoms with Crippen LogP contribution in [0.5, 0.6) is 0 Å². The van der Waals surface area contributed by atoms with Gasteiger partial charge in [-0.25, -0.2) is 0 Å². The maximum absolute atomic E-state index is 12.7. The Morgan fingerprint density at radius 2 is 1.92 bits per heavy atom. The van der Waals surface area contributed by atoms with Crippen molar-refractivity contribution in [2.45, 2.75) is 69.9 Å². The second-order valence-corrected chi connectivity index (χ2v) is 6.88. The Balaban J connectivity index is 1.90. The molecule has 2 atom stereocenters. The van der Waals surface area contributed by atoms with Gasteiger partial charge in [-0.1, -0.05) is 62.9 Å². The molecule has 0 unspecified atom stereocenters. The van der Waals surface area contributed by atoms with Gasteiger partial charge >= 0.3 is 0 Å². The molecule has 2 rings (SSSR count). The fourth-order valence-corrected chi connectivity index (χ4v) is 3.28. The molecule has 1 heterocycles. The standard InChI is InChI=1S/C21H31N2O2/c1-2-3-4-5-9-14-20(24)19(16-17-11-7-6-8-12-17)23-21(25)18-13-10-15-22-18/h6-8,11-12,18-19,22H,1-5,9-10,13-16H2,(H,23,25)/t18-,19+/m1/s1. The number of unbranched alkanes of at least 4 members (excludes halogenated alkanes) is 4. The van der Waals surface area contributed by atoms with Crippen molar-refractivity contribution in [3.63, 3.8) is 0 Å². The summed E-state index contributed by atoms with van der Waals surface area (Å²) in [6.45, 7) is 4.72. The van der Waals surface area contributed by atoms with Crippen molar-refractivity contribution in [2.24, 2.45) is 0 Å². The van der Waals surface area contributed by atoms with Crippen LogP contribution in [0.25, 0.3) is 0 Å². The number of amides is 1. The van der Waals surface area contributed by atoms with Crippen molar-refractivity contribution in [3.05, 3.63) is 42.8 Å². The van der Waals surface area contributed by atoms with E-state index in [2.05, 4.69) is 17.6 Å². The van der Waals surface area contributed by atoms with Crippen LogP contribution in [0, 0.1) is 6.92 Å². The predicted molar refractivity (Wildman–Crippen MR) is 101 cm³/mol. The Kier molecular flexibility index (Phi) is 8.67. The van der Waals surface area contributed by atoms with Crippen molar-refractivity contribution in [3.8, 4) is 0 Å². The summed E-state index contributed by atoms with van der Waals surface area (Å²) in [7, 11) is 0. The van der Waals surface area contributed by atoms with Crippen LogP contribution in [-0.4, -0.2) is 30.3 Å². The number of benzene rings is 1. The Labute approximate surface area is 151 Å². The second kappa shape index (κ2) is 11.0. The highest BCUT2D eigenvalue weighted by Gasteiger charge is 2.27. The number of ketones is 1. The molecule has 0 aromatic heterocycles. The average Bonchev–Trinajstić information content (AvgIpc) is 3.16. The highest BCUT2D eigenvalue weighted by Crippen LogP contribution is 2.11. The zero-order chi connectivity index (χ0) is 17.9. The smallest absolute Gasteiger partial charge is 0.237 e. The highest BCUT2D eigenvalue weighted by molar-refractivity contribution is 5.91. The first-order valence-corrected chi connectivity index (χ1v) is 9.60. The van der Waals surface area contributed by atoms with E-state index in [0.29, 0.717) is 12.8 Å². The Bertz CT molecular complexity index is 524. The molecule has 1 fully saturated rings. The minimum absolute atomic E-state index is 0.0381. The number of carbonyl (C=O) groups is 2. The molecule has 1 aromatic carbocycles. The van der Waals surface area contributed by atoms with Gasteiger partial charge in [0.15, 0.2) is 5.78 Å². The van der Waals surface area contributed by atoms with Crippen LogP contribution in [0.3, 0.4) is 0 Å². The first-order chi connectivity index (χ1) is 12.2. The number of hydrogen-bond acceptors (Lipinski definition) is 3. The van der Waals surface area contributed by atoms with E-state index in [1.807, 2.05) is 30.3 Å². The monoisotopic (exact) mass is 343 g/mol. The summed E-state index contributed by atoms with van der Waals surface area (Å²) in [6.07, 6.45) is 8.10. The van der Waals surface area contributed by atoms with Crippen molar-refractivity contribution in [2.75, 3.05) is 6.54 Å². The number of Topliss-reactive ketones (excluding diaryl/α,β-unsaturated/α-hetero) is 1. The summed E-state index contributed by atoms with van der Waals surface area (Å²) in [5.41, 5.74) is 1.08. The first-order valence-electron chi connectivity index (χ1n) is 9.60. The molecule has 25 heavy (non-hydrogen) atoms. The van der Waals surface area contributed by atoms with E-state index in [-0.39, 0.29) is 17.7 Å². The molecule has 0 saturated carbocycles. The summed E-state index contributed by atoms with van der Waals surface area (Å²) in [4.78, 5) is 25.1. The van der Waals surface area contributed by atoms with E-state index in [9.17, 15) is 9.59 Å². The zero-order valence-electron chi connectivity index (χ0n) is 15.1. The molecular weight excluding hydrogens is 312 g/mol. The Morgan fingerprint density at radius 3 is 2.60 bits per heavy atom. The van der Waals surface area contributed by atoms with E-state index >= 15 is 0 Å². The number of hydrogen-bond donors (Lipinski definition) is 2. The van der Waals surface area contributed by atoms with E-state index in [4.69, 9.17) is 0 Å². The number of carbonyl (C=O) groups excluding carboxylic acids is 2. The normalized spacial score (nSPS) is 18.0. The minimum Gasteiger partial charge on any atom is -0.345 e. The summed E-state index contributed by atoms with van der Waals surface area (Å²) in [5.74, 6) is 0.105. The molecule has 137 valence electrons. The van der Waals surface area contributed by atoms with Crippen molar-refractivity contribution in [1.29, 1.82) is 0 Å². The lowest BCUT2D eigenvalue weighted by molar-refractivity contribution is -0.128. The molecule has 1 aliphatic rings. The fourth-order valence-electron chi connectivity index (χ4n) is 3.28. The van der Waals surface area contributed by atoms with Gasteiger partial charge in [0.05, 0.1) is 12.1 Å². The molecule has 1 aromatic rings. The lowest BCUT2D eigenvalue weighted by Crippen LogP contribution is -2.49. The molecule has 2 N–H and O–H groups in total. The van der Waals surface area contributed by atoms with Crippen LogP contribution in [0.15, 0.2) is 30.3 Å². The lowest BCUT2D eigenvalue weighted by atomic mass is 9.98. The lowest BCUT2D eigenvalue weighted by Gasteiger charge is -2.20. The summed E-state index contributed by atoms with van der Waals surface area (Å²) in [6, 6.07) is 9.34. The topological polar surface area (TPSA) is 58.2 Å². The van der Waals surface area contributed by atoms with Crippen molar-refractivity contribution < 1.29 is 9.59 Å². The van der Waals surface area contributed by atoms with Gasteiger partial charge in [0, 0.05) is 6.42 Å². The van der Waals surface area contributed by atoms with Crippen LogP contribution in [0.2, 0.25) is 0 Å². The zero-order valence-corrected chi connectivity index (χ0v) is 15.1. The van der Waals surface area contributed by atoms with E-state index in [0.717, 1.165) is 57.1 Å². The SMILES string of the molecule is [CH2]CCCCCCC(=O)[C@H](Cc1ccccc1)NC(=O)[C@H]1CCCN1. The quantitative estimate of drug-likeness (QED) is 0.607. The van der Waals surface area contributed by atoms with Crippen LogP contribution in [0.1, 0.15) is 56.9 Å². The number of nitrogens with one attached hydrogen (secondary N) is 2. The van der Waals surface area contributed by atoms with Crippen molar-refractivity contribution >= 4 is 11.7 Å². The van der Waals surface area contributed by atoms with E-state index < -0.39 is 6.04 Å². The first kappa shape index (κ1) is 19.6. The van der Waals surface area contributed by atoms with Gasteiger partial charge in [-0.2, -0.15) is 0 Å². The molecular formula is C21H31N2O2. The van der Waals surface area contributed by atoms with Crippen LogP contribution in [0.4, 0.5) is 0 Å². The summed E-state index contributed by atoms with van der Waals surface area (Å²) >= 11 is 0. The third-order valence-corrected chi connectivity index (χ3v) is 4.79. The molecule has 0 spiro atoms. The van der Waals surface area contributed by atoms with Crippen LogP contribution >= 0.6 is 0 Å². The maximum Gasteiger partial charge on any atom is 0.237 e. The summed E-state index contributed by atoms with van der Waals surface area (Å²) in [5, 5.41) is 6.20. The number of rotatable bonds is 11. The third kappa shape index (κ3) is 6.99. The fraction of sp³-hybridized carbons (Fsp3) is 0.571. The van der Waals surface area contributed by atoms with Gasteiger partial charge < -0.3 is 10.6 Å². The maximum atomic E-state index is 12.7. The largest absolute Gasteiger partial charge is 0.345 e. The van der Waals surface area contributed by atoms with Gasteiger partial charge in [0.1, 0.15) is 0 Å². The van der Waals surface area contributed by atoms with Gasteiger partial charge in [-0.15, -0.1) is 0 Å². The van der Waals surface area contributed by atoms with Crippen molar-refractivity contribution in [1.82, 2.24) is 10.6 Å². The van der Waals surface area contributed by atoms with E-state index in [1.165, 1.54) is 0 Å². The van der Waals surface area contributed by atoms with Gasteiger partial charge in [-0.05, 0) is 37.8 Å². The van der Waals surface area contributed by atoms with Gasteiger partial charge in [-0.3, -0.25) is 9.59 Å². The molecule has 0 bridgehead atoms. The molecule has 4 nitrogen and oxygen atoms in total. The molecule has 1 radical (unpaired) electrons. The van der Waals surface area contributed by atoms with Gasteiger partial charge in [0.2, 0.25) is 5.91 Å². The second-order valence-electron chi connectivity index (χ2n) is 6.88. The predicted octanol–water partition coefficient (Wildman–Crippen LogP) is 3.21. The Hall–Kier alpha value is -1.68. The average molecular weight is 343 g/mol. The molecule has 4 heteroatoms. The Morgan fingerprint density at radius 1 is 1.16 bits per heavy atom. The van der Waals surface area contributed by atoms with Crippen LogP contribution in [-0.2, 0) is 16.0 Å². The molecule has 0 aliphatic carbocycles. The third-order valence-electron chi connectivity index (χ3n) is 4.79. The molecule has 1 amide bonds. The molecule has 1 aliphatic heterocycles. The van der Waals surface area contributed by atoms with Crippen LogP contribution < -0.4 is 10.6 Å². The van der Waals surface area contributed by atoms with E-state index in [1.54, 1.807) is 0 Å². The molecule has 1 saturated heterocycles. The summed E-state index contributed by atoms with van der Waals surface area (Å²) < 4.78 is 0. The highest BCUT2D eigenvalue weighted by atomic mass is 16.2.